The molecule has 8 nitrogen and oxygen atoms in total. The fourth-order valence-electron chi connectivity index (χ4n) is 2.96. The number of aromatic nitrogens is 2. The number of phenols is 1. The highest BCUT2D eigenvalue weighted by Crippen LogP contribution is 2.35. The molecule has 5 N–H and O–H groups in total. The monoisotopic (exact) mass is 416 g/mol. The van der Waals surface area contributed by atoms with Crippen molar-refractivity contribution in [1.82, 2.24) is 8.75 Å². The van der Waals surface area contributed by atoms with Crippen LogP contribution in [-0.2, 0) is 0 Å². The van der Waals surface area contributed by atoms with Gasteiger partial charge in [0.25, 0.3) is 0 Å². The van der Waals surface area contributed by atoms with Crippen molar-refractivity contribution in [2.75, 3.05) is 17.7 Å². The molecule has 3 aromatic rings. The third kappa shape index (κ3) is 4.41. The van der Waals surface area contributed by atoms with E-state index in [4.69, 9.17) is 4.42 Å². The fraction of sp³-hybridized carbons (Fsp3) is 0.350. The zero-order chi connectivity index (χ0) is 21.1. The third-order valence-corrected chi connectivity index (χ3v) is 5.28. The number of nitrogens with two attached hydrogens (primary N) is 1. The van der Waals surface area contributed by atoms with E-state index >= 15 is 0 Å². The summed E-state index contributed by atoms with van der Waals surface area (Å²) in [5.74, 6) is 2.63. The number of para-hydroxylation sites is 1. The minimum Gasteiger partial charge on any atom is -0.505 e. The van der Waals surface area contributed by atoms with Crippen LogP contribution >= 0.6 is 11.7 Å². The molecule has 0 aliphatic carbocycles. The molecular formula is C20H26N5O3S+. The first-order chi connectivity index (χ1) is 13.8. The standard InChI is InChI=1S/C20H25N5O3S/c1-10(2)16(15-9-11(3)12(4)28-15)23-19-18(24-29-25-19)22-14-8-6-7-13(17(14)26)20(27)21-5/h6-10,16,26H,1-5H3,(H,21,27)(H,22,24)(H,23,25)/p+1/t16-/m1/s1. The third-order valence-electron chi connectivity index (χ3n) is 4.76. The summed E-state index contributed by atoms with van der Waals surface area (Å²) >= 11 is 1.05. The Labute approximate surface area is 173 Å². The van der Waals surface area contributed by atoms with Crippen LogP contribution < -0.4 is 16.0 Å². The molecule has 9 heteroatoms. The summed E-state index contributed by atoms with van der Waals surface area (Å²) in [5.41, 5.74) is 1.72. The van der Waals surface area contributed by atoms with Crippen LogP contribution in [0.2, 0.25) is 0 Å². The number of aryl methyl sites for hydroxylation is 2. The average molecular weight is 417 g/mol. The Kier molecular flexibility index (Phi) is 6.19. The summed E-state index contributed by atoms with van der Waals surface area (Å²) in [7, 11) is 1.64. The molecule has 0 radical (unpaired) electrons. The number of aromatic hydroxyl groups is 1. The van der Waals surface area contributed by atoms with Crippen LogP contribution in [0.5, 0.6) is 5.75 Å². The molecule has 2 aromatic heterocycles. The summed E-state index contributed by atoms with van der Waals surface area (Å²) in [4.78, 5) is 12.0. The molecule has 1 amide bonds. The maximum Gasteiger partial charge on any atom is 0.346 e. The van der Waals surface area contributed by atoms with Crippen molar-refractivity contribution in [3.63, 3.8) is 0 Å². The van der Waals surface area contributed by atoms with E-state index in [0.29, 0.717) is 17.3 Å². The van der Waals surface area contributed by atoms with Gasteiger partial charge >= 0.3 is 5.91 Å². The Morgan fingerprint density at radius 2 is 1.97 bits per heavy atom. The fourth-order valence-corrected chi connectivity index (χ4v) is 3.44. The number of furan rings is 1. The predicted molar refractivity (Wildman–Crippen MR) is 113 cm³/mol. The Bertz CT molecular complexity index is 992. The molecule has 2 heterocycles. The molecule has 1 atom stereocenters. The lowest BCUT2D eigenvalue weighted by Gasteiger charge is -2.20. The van der Waals surface area contributed by atoms with Gasteiger partial charge in [0.2, 0.25) is 0 Å². The van der Waals surface area contributed by atoms with Gasteiger partial charge in [0.15, 0.2) is 17.4 Å². The minimum atomic E-state index is -0.246. The Morgan fingerprint density at radius 1 is 1.24 bits per heavy atom. The molecule has 1 aromatic carbocycles. The van der Waals surface area contributed by atoms with Crippen molar-refractivity contribution in [1.29, 1.82) is 0 Å². The molecule has 0 aliphatic rings. The van der Waals surface area contributed by atoms with Crippen molar-refractivity contribution < 1.29 is 19.6 Å². The number of hydrogen-bond donors (Lipinski definition) is 4. The number of anilines is 3. The normalized spacial score (nSPS) is 12.2. The largest absolute Gasteiger partial charge is 0.505 e. The number of nitrogens with one attached hydrogen (secondary N) is 2. The zero-order valence-electron chi connectivity index (χ0n) is 17.1. The summed E-state index contributed by atoms with van der Waals surface area (Å²) in [6, 6.07) is 6.91. The molecule has 0 spiro atoms. The van der Waals surface area contributed by atoms with Gasteiger partial charge in [-0.05, 0) is 43.5 Å². The molecule has 0 fully saturated rings. The molecule has 0 aliphatic heterocycles. The van der Waals surface area contributed by atoms with E-state index in [0.717, 1.165) is 28.8 Å². The smallest absolute Gasteiger partial charge is 0.346 e. The molecule has 29 heavy (non-hydrogen) atoms. The summed E-state index contributed by atoms with van der Waals surface area (Å²) in [6.45, 7) is 8.15. The van der Waals surface area contributed by atoms with Gasteiger partial charge in [-0.15, -0.1) is 0 Å². The van der Waals surface area contributed by atoms with Gasteiger partial charge in [-0.3, -0.25) is 5.32 Å². The topological polar surface area (TPSA) is 117 Å². The molecule has 3 rings (SSSR count). The number of hydrogen-bond acceptors (Lipinski definition) is 8. The second-order valence-electron chi connectivity index (χ2n) is 7.20. The van der Waals surface area contributed by atoms with Crippen molar-refractivity contribution in [3.05, 3.63) is 46.9 Å². The van der Waals surface area contributed by atoms with Gasteiger partial charge in [0.05, 0.1) is 30.5 Å². The number of quaternary nitrogens is 1. The lowest BCUT2D eigenvalue weighted by Crippen LogP contribution is -2.83. The zero-order valence-corrected chi connectivity index (χ0v) is 17.9. The highest BCUT2D eigenvalue weighted by atomic mass is 32.1. The van der Waals surface area contributed by atoms with Crippen LogP contribution in [0.3, 0.4) is 0 Å². The molecule has 0 bridgehead atoms. The quantitative estimate of drug-likeness (QED) is 0.436. The Morgan fingerprint density at radius 3 is 2.59 bits per heavy atom. The summed E-state index contributed by atoms with van der Waals surface area (Å²) in [5, 5.41) is 18.4. The first kappa shape index (κ1) is 20.8. The van der Waals surface area contributed by atoms with Gasteiger partial charge < -0.3 is 20.2 Å². The minimum absolute atomic E-state index is 0.0944. The van der Waals surface area contributed by atoms with E-state index in [-0.39, 0.29) is 29.2 Å². The van der Waals surface area contributed by atoms with E-state index in [1.165, 1.54) is 5.32 Å². The Balaban J connectivity index is 1.87. The van der Waals surface area contributed by atoms with E-state index in [9.17, 15) is 9.90 Å². The number of primary amides is 1. The molecule has 0 unspecified atom stereocenters. The van der Waals surface area contributed by atoms with E-state index < -0.39 is 0 Å². The van der Waals surface area contributed by atoms with Crippen LogP contribution in [-0.4, -0.2) is 26.8 Å². The maximum atomic E-state index is 12.0. The van der Waals surface area contributed by atoms with Gasteiger partial charge in [0.1, 0.15) is 17.1 Å². The molecular weight excluding hydrogens is 390 g/mol. The lowest BCUT2D eigenvalue weighted by atomic mass is 10.0. The number of carbonyl (C=O) groups is 1. The number of amides is 1. The second-order valence-corrected chi connectivity index (χ2v) is 7.72. The van der Waals surface area contributed by atoms with Gasteiger partial charge in [-0.1, -0.05) is 19.9 Å². The van der Waals surface area contributed by atoms with Crippen molar-refractivity contribution in [2.45, 2.75) is 33.7 Å². The lowest BCUT2D eigenvalue weighted by molar-refractivity contribution is -0.523. The van der Waals surface area contributed by atoms with Crippen LogP contribution in [0.4, 0.5) is 17.3 Å². The second kappa shape index (κ2) is 8.62. The SMILES string of the molecule is C[NH2+]C(=O)c1cccc(Nc2nsnc2N[C@@H](c2cc(C)c(C)o2)C(C)C)c1O. The van der Waals surface area contributed by atoms with Gasteiger partial charge in [-0.2, -0.15) is 8.75 Å². The van der Waals surface area contributed by atoms with E-state index in [2.05, 4.69) is 33.2 Å². The van der Waals surface area contributed by atoms with Crippen molar-refractivity contribution >= 4 is 35.0 Å². The highest BCUT2D eigenvalue weighted by molar-refractivity contribution is 6.99. The Hall–Kier alpha value is -2.91. The first-order valence-electron chi connectivity index (χ1n) is 9.40. The first-order valence-corrected chi connectivity index (χ1v) is 10.1. The number of benzene rings is 1. The number of nitrogens with zero attached hydrogens (tertiary/aromatic N) is 2. The van der Waals surface area contributed by atoms with E-state index in [1.54, 1.807) is 25.2 Å². The van der Waals surface area contributed by atoms with Crippen LogP contribution in [0, 0.1) is 19.8 Å². The van der Waals surface area contributed by atoms with E-state index in [1.807, 2.05) is 19.9 Å². The van der Waals surface area contributed by atoms with Gasteiger partial charge in [-0.25, -0.2) is 4.79 Å². The maximum absolute atomic E-state index is 12.0. The predicted octanol–water partition coefficient (Wildman–Crippen LogP) is 3.34. The van der Waals surface area contributed by atoms with Crippen molar-refractivity contribution in [3.8, 4) is 5.75 Å². The number of carbonyl (C=O) groups excluding carboxylic acids is 1. The molecule has 154 valence electrons. The number of rotatable bonds is 7. The van der Waals surface area contributed by atoms with Crippen LogP contribution in [0.15, 0.2) is 28.7 Å². The van der Waals surface area contributed by atoms with Crippen LogP contribution in [0.1, 0.15) is 47.3 Å². The summed E-state index contributed by atoms with van der Waals surface area (Å²) in [6.07, 6.45) is 0. The summed E-state index contributed by atoms with van der Waals surface area (Å²) < 4.78 is 14.6. The molecule has 0 saturated carbocycles. The average Bonchev–Trinajstić information content (AvgIpc) is 3.26. The van der Waals surface area contributed by atoms with Crippen LogP contribution in [0.25, 0.3) is 0 Å². The van der Waals surface area contributed by atoms with Crippen molar-refractivity contribution in [2.24, 2.45) is 5.92 Å². The highest BCUT2D eigenvalue weighted by Gasteiger charge is 2.24. The molecule has 0 saturated heterocycles. The van der Waals surface area contributed by atoms with Gasteiger partial charge in [0, 0.05) is 0 Å².